The number of hydrogen-bond acceptors (Lipinski definition) is 3. The summed E-state index contributed by atoms with van der Waals surface area (Å²) in [4.78, 5) is 12.1. The number of aliphatic hydroxyl groups is 1. The monoisotopic (exact) mass is 560 g/mol. The van der Waals surface area contributed by atoms with Gasteiger partial charge in [0.05, 0.1) is 5.57 Å². The minimum Gasteiger partial charge on any atom is -0.480 e. The van der Waals surface area contributed by atoms with Crippen molar-refractivity contribution in [1.82, 2.24) is 0 Å². The summed E-state index contributed by atoms with van der Waals surface area (Å²) in [6.07, 6.45) is -5.26. The topological polar surface area (TPSA) is 46.5 Å². The lowest BCUT2D eigenvalue weighted by atomic mass is 9.75. The van der Waals surface area contributed by atoms with Crippen molar-refractivity contribution in [2.75, 3.05) is 0 Å². The quantitative estimate of drug-likeness (QED) is 0.245. The van der Waals surface area contributed by atoms with Crippen LogP contribution in [0.2, 0.25) is 0 Å². The van der Waals surface area contributed by atoms with Crippen LogP contribution in [0, 0.1) is 0 Å². The summed E-state index contributed by atoms with van der Waals surface area (Å²) in [5.41, 5.74) is 7.15. The number of esters is 1. The Balaban J connectivity index is 3.30. The number of ether oxygens (including phenoxy) is 1. The van der Waals surface area contributed by atoms with Crippen molar-refractivity contribution in [3.63, 3.8) is 0 Å². The van der Waals surface area contributed by atoms with E-state index in [4.69, 9.17) is 4.74 Å². The van der Waals surface area contributed by atoms with Gasteiger partial charge in [0.15, 0.2) is 0 Å². The van der Waals surface area contributed by atoms with E-state index >= 15 is 0 Å². The third-order valence-corrected chi connectivity index (χ3v) is 7.40. The molecule has 0 heterocycles. The third kappa shape index (κ3) is 7.30. The molecular formula is C34H47F3O3. The molecule has 40 heavy (non-hydrogen) atoms. The number of halogens is 3. The van der Waals surface area contributed by atoms with Crippen LogP contribution in [0.3, 0.4) is 0 Å². The van der Waals surface area contributed by atoms with Gasteiger partial charge in [-0.1, -0.05) is 107 Å². The lowest BCUT2D eigenvalue weighted by molar-refractivity contribution is -0.198. The average Bonchev–Trinajstić information content (AvgIpc) is 2.82. The largest absolute Gasteiger partial charge is 0.491 e. The van der Waals surface area contributed by atoms with Gasteiger partial charge in [0, 0.05) is 0 Å². The molecule has 0 unspecified atom stereocenters. The maximum Gasteiger partial charge on any atom is 0.491 e. The number of rotatable bonds is 9. The molecule has 0 atom stereocenters. The SMILES string of the molecule is CC(C)c1cc(C(C)C)c(C(=C(O)OC(=O)C(F)(F)F)c2c(C(C)C)cc(C(C)C)cc2C(C)C)c(C(C)C)c1. The summed E-state index contributed by atoms with van der Waals surface area (Å²) in [7, 11) is 0. The van der Waals surface area contributed by atoms with Crippen LogP contribution in [-0.2, 0) is 9.53 Å². The van der Waals surface area contributed by atoms with Gasteiger partial charge in [-0.15, -0.1) is 0 Å². The molecule has 0 saturated carbocycles. The van der Waals surface area contributed by atoms with Crippen LogP contribution in [0.25, 0.3) is 5.57 Å². The summed E-state index contributed by atoms with van der Waals surface area (Å²) >= 11 is 0. The number of alkyl halides is 3. The summed E-state index contributed by atoms with van der Waals surface area (Å²) in [6.45, 7) is 24.6. The van der Waals surface area contributed by atoms with E-state index in [2.05, 4.69) is 52.0 Å². The van der Waals surface area contributed by atoms with E-state index < -0.39 is 18.1 Å². The Hall–Kier alpha value is -2.76. The second-order valence-corrected chi connectivity index (χ2v) is 12.6. The highest BCUT2D eigenvalue weighted by Gasteiger charge is 2.43. The first-order chi connectivity index (χ1) is 18.3. The smallest absolute Gasteiger partial charge is 0.480 e. The number of aliphatic hydroxyl groups excluding tert-OH is 1. The molecule has 3 nitrogen and oxygen atoms in total. The maximum atomic E-state index is 13.4. The molecule has 0 aliphatic heterocycles. The van der Waals surface area contributed by atoms with Gasteiger partial charge in [-0.3, -0.25) is 0 Å². The minimum absolute atomic E-state index is 0.0211. The van der Waals surface area contributed by atoms with Crippen LogP contribution >= 0.6 is 0 Å². The standard InChI is InChI=1S/C34H47F3O3/c1-17(2)23-13-25(19(5)6)29(26(14-23)20(7)8)31(32(38)40-33(39)34(35,36)37)30-27(21(9)10)15-24(18(3)4)16-28(30)22(11)12/h13-22,38H,1-12H3. The predicted octanol–water partition coefficient (Wildman–Crippen LogP) is 10.8. The van der Waals surface area contributed by atoms with Crippen molar-refractivity contribution in [3.05, 3.63) is 74.7 Å². The summed E-state index contributed by atoms with van der Waals surface area (Å²) < 4.78 is 44.9. The first kappa shape index (κ1) is 33.4. The molecule has 222 valence electrons. The average molecular weight is 561 g/mol. The normalized spacial score (nSPS) is 12.4. The Kier molecular flexibility index (Phi) is 10.7. The van der Waals surface area contributed by atoms with E-state index in [9.17, 15) is 23.1 Å². The zero-order valence-electron chi connectivity index (χ0n) is 26.2. The van der Waals surface area contributed by atoms with Crippen molar-refractivity contribution in [1.29, 1.82) is 0 Å². The van der Waals surface area contributed by atoms with Gasteiger partial charge in [0.25, 0.3) is 5.95 Å². The van der Waals surface area contributed by atoms with Crippen molar-refractivity contribution in [2.45, 2.75) is 125 Å². The first-order valence-corrected chi connectivity index (χ1v) is 14.4. The molecule has 0 fully saturated rings. The van der Waals surface area contributed by atoms with Crippen molar-refractivity contribution in [2.24, 2.45) is 0 Å². The Morgan fingerprint density at radius 2 is 0.875 bits per heavy atom. The Morgan fingerprint density at radius 1 is 0.600 bits per heavy atom. The molecule has 0 saturated heterocycles. The number of carbonyl (C=O) groups excluding carboxylic acids is 1. The lowest BCUT2D eigenvalue weighted by Gasteiger charge is -2.29. The molecule has 0 aliphatic rings. The maximum absolute atomic E-state index is 13.4. The van der Waals surface area contributed by atoms with Crippen molar-refractivity contribution in [3.8, 4) is 0 Å². The Morgan fingerprint density at radius 3 is 1.07 bits per heavy atom. The zero-order valence-corrected chi connectivity index (χ0v) is 26.2. The Labute approximate surface area is 238 Å². The molecule has 0 aliphatic carbocycles. The molecule has 0 spiro atoms. The fraction of sp³-hybridized carbons (Fsp3) is 0.559. The molecule has 2 aromatic carbocycles. The molecule has 0 aromatic heterocycles. The van der Waals surface area contributed by atoms with Crippen molar-refractivity contribution < 1.29 is 27.8 Å². The minimum atomic E-state index is -5.26. The fourth-order valence-corrected chi connectivity index (χ4v) is 5.02. The molecule has 0 bridgehead atoms. The Bertz CT molecular complexity index is 1110. The van der Waals surface area contributed by atoms with Crippen molar-refractivity contribution >= 4 is 11.5 Å². The zero-order chi connectivity index (χ0) is 30.9. The first-order valence-electron chi connectivity index (χ1n) is 14.4. The van der Waals surface area contributed by atoms with E-state index in [-0.39, 0.29) is 41.1 Å². The van der Waals surface area contributed by atoms with E-state index in [1.54, 1.807) is 0 Å². The molecule has 0 radical (unpaired) electrons. The van der Waals surface area contributed by atoms with E-state index in [1.165, 1.54) is 0 Å². The van der Waals surface area contributed by atoms with Gasteiger partial charge in [0.2, 0.25) is 0 Å². The van der Waals surface area contributed by atoms with Gasteiger partial charge in [-0.25, -0.2) is 4.79 Å². The van der Waals surface area contributed by atoms with Crippen LogP contribution in [-0.4, -0.2) is 17.3 Å². The van der Waals surface area contributed by atoms with Gasteiger partial charge in [-0.2, -0.15) is 13.2 Å². The fourth-order valence-electron chi connectivity index (χ4n) is 5.02. The summed E-state index contributed by atoms with van der Waals surface area (Å²) in [5.74, 6) is -3.12. The van der Waals surface area contributed by atoms with Gasteiger partial charge in [-0.05, 0) is 80.0 Å². The highest BCUT2D eigenvalue weighted by atomic mass is 19.4. The number of carbonyl (C=O) groups is 1. The van der Waals surface area contributed by atoms with Crippen LogP contribution in [0.15, 0.2) is 30.2 Å². The van der Waals surface area contributed by atoms with E-state index in [1.807, 2.05) is 55.4 Å². The van der Waals surface area contributed by atoms with Crippen LogP contribution in [0.4, 0.5) is 13.2 Å². The van der Waals surface area contributed by atoms with Gasteiger partial charge in [0.1, 0.15) is 0 Å². The van der Waals surface area contributed by atoms with Crippen LogP contribution < -0.4 is 0 Å². The highest BCUT2D eigenvalue weighted by molar-refractivity contribution is 5.89. The second-order valence-electron chi connectivity index (χ2n) is 12.6. The molecular weight excluding hydrogens is 513 g/mol. The molecule has 2 rings (SSSR count). The number of benzene rings is 2. The van der Waals surface area contributed by atoms with Gasteiger partial charge >= 0.3 is 12.1 Å². The molecule has 0 amide bonds. The molecule has 1 N–H and O–H groups in total. The van der Waals surface area contributed by atoms with E-state index in [0.29, 0.717) is 11.1 Å². The van der Waals surface area contributed by atoms with Gasteiger partial charge < -0.3 is 9.84 Å². The molecule has 6 heteroatoms. The van der Waals surface area contributed by atoms with Crippen LogP contribution in [0.1, 0.15) is 163 Å². The summed E-state index contributed by atoms with van der Waals surface area (Å²) in [6, 6.07) is 8.29. The molecule has 2 aromatic rings. The third-order valence-electron chi connectivity index (χ3n) is 7.40. The number of hydrogen-bond donors (Lipinski definition) is 1. The summed E-state index contributed by atoms with van der Waals surface area (Å²) in [5, 5.41) is 11.5. The highest BCUT2D eigenvalue weighted by Crippen LogP contribution is 2.45. The predicted molar refractivity (Wildman–Crippen MR) is 158 cm³/mol. The van der Waals surface area contributed by atoms with E-state index in [0.717, 1.165) is 33.4 Å². The lowest BCUT2D eigenvalue weighted by Crippen LogP contribution is -2.26. The van der Waals surface area contributed by atoms with Crippen LogP contribution in [0.5, 0.6) is 0 Å². The second kappa shape index (κ2) is 12.8.